The molecule has 6 nitrogen and oxygen atoms in total. The van der Waals surface area contributed by atoms with E-state index in [1.807, 2.05) is 13.0 Å². The van der Waals surface area contributed by atoms with E-state index in [0.29, 0.717) is 35.4 Å². The largest absolute Gasteiger partial charge is 0.494 e. The van der Waals surface area contributed by atoms with Crippen LogP contribution in [0.2, 0.25) is 0 Å². The van der Waals surface area contributed by atoms with E-state index >= 15 is 0 Å². The van der Waals surface area contributed by atoms with Crippen LogP contribution >= 0.6 is 0 Å². The molecule has 3 fully saturated rings. The fourth-order valence-electron chi connectivity index (χ4n) is 6.19. The number of nitrogens with zero attached hydrogens (tertiary/aromatic N) is 2. The minimum atomic E-state index is -0.273. The van der Waals surface area contributed by atoms with Crippen molar-refractivity contribution in [1.29, 1.82) is 0 Å². The Morgan fingerprint density at radius 2 is 1.55 bits per heavy atom. The molecule has 1 saturated heterocycles. The summed E-state index contributed by atoms with van der Waals surface area (Å²) in [5.41, 5.74) is 1.12. The Hall–Kier alpha value is -3.41. The molecule has 0 radical (unpaired) electrons. The van der Waals surface area contributed by atoms with Gasteiger partial charge in [-0.2, -0.15) is 0 Å². The summed E-state index contributed by atoms with van der Waals surface area (Å²) in [6, 6.07) is 16.1. The van der Waals surface area contributed by atoms with Gasteiger partial charge in [0.2, 0.25) is 11.8 Å². The first-order valence-electron chi connectivity index (χ1n) is 11.7. The molecule has 2 bridgehead atoms. The smallest absolute Gasteiger partial charge is 0.259 e. The molecule has 2 aromatic carbocycles. The average Bonchev–Trinajstić information content (AvgIpc) is 3.63. The zero-order valence-electron chi connectivity index (χ0n) is 18.5. The maximum Gasteiger partial charge on any atom is 0.259 e. The molecule has 5 aliphatic rings. The van der Waals surface area contributed by atoms with Crippen molar-refractivity contribution in [3.05, 3.63) is 72.3 Å². The van der Waals surface area contributed by atoms with Gasteiger partial charge in [-0.1, -0.05) is 30.4 Å². The minimum absolute atomic E-state index is 0.0822. The van der Waals surface area contributed by atoms with E-state index in [1.165, 1.54) is 9.80 Å². The van der Waals surface area contributed by atoms with E-state index in [9.17, 15) is 14.4 Å². The lowest BCUT2D eigenvalue weighted by molar-refractivity contribution is -0.140. The van der Waals surface area contributed by atoms with Crippen LogP contribution in [-0.4, -0.2) is 35.9 Å². The molecule has 7 rings (SSSR count). The zero-order chi connectivity index (χ0) is 22.7. The van der Waals surface area contributed by atoms with Gasteiger partial charge < -0.3 is 4.74 Å². The van der Waals surface area contributed by atoms with Crippen LogP contribution in [0, 0.1) is 35.5 Å². The van der Waals surface area contributed by atoms with E-state index in [1.54, 1.807) is 48.5 Å². The van der Waals surface area contributed by atoms with Crippen LogP contribution in [0.25, 0.3) is 0 Å². The molecule has 3 amide bonds. The predicted octanol–water partition coefficient (Wildman–Crippen LogP) is 3.74. The summed E-state index contributed by atoms with van der Waals surface area (Å²) < 4.78 is 5.53. The molecule has 0 N–H and O–H groups in total. The van der Waals surface area contributed by atoms with E-state index < -0.39 is 0 Å². The lowest BCUT2D eigenvalue weighted by Crippen LogP contribution is -2.45. The van der Waals surface area contributed by atoms with Crippen LogP contribution < -0.4 is 9.64 Å². The summed E-state index contributed by atoms with van der Waals surface area (Å²) in [6.07, 6.45) is 5.45. The van der Waals surface area contributed by atoms with Crippen LogP contribution in [0.5, 0.6) is 5.75 Å². The first-order chi connectivity index (χ1) is 16.1. The number of carbonyl (C=O) groups is 3. The molecular weight excluding hydrogens is 416 g/mol. The Morgan fingerprint density at radius 3 is 2.12 bits per heavy atom. The molecular formula is C27H26N2O4. The highest BCUT2D eigenvalue weighted by atomic mass is 16.5. The number of hydrogen-bond donors (Lipinski definition) is 0. The van der Waals surface area contributed by atoms with Gasteiger partial charge in [0.05, 0.1) is 18.4 Å². The number of likely N-dealkylation sites (tertiary alicyclic amines) is 1. The van der Waals surface area contributed by atoms with Gasteiger partial charge in [0, 0.05) is 11.3 Å². The Kier molecular flexibility index (Phi) is 4.64. The van der Waals surface area contributed by atoms with E-state index in [4.69, 9.17) is 4.74 Å². The van der Waals surface area contributed by atoms with Crippen LogP contribution in [0.4, 0.5) is 5.69 Å². The van der Waals surface area contributed by atoms with Crippen LogP contribution in [0.3, 0.4) is 0 Å². The third-order valence-electron chi connectivity index (χ3n) is 7.76. The quantitative estimate of drug-likeness (QED) is 0.505. The van der Waals surface area contributed by atoms with Crippen molar-refractivity contribution in [2.45, 2.75) is 13.3 Å². The molecule has 6 heteroatoms. The average molecular weight is 443 g/mol. The fourth-order valence-corrected chi connectivity index (χ4v) is 6.19. The normalized spacial score (nSPS) is 30.8. The van der Waals surface area contributed by atoms with Crippen molar-refractivity contribution < 1.29 is 19.1 Å². The van der Waals surface area contributed by atoms with Gasteiger partial charge in [-0.05, 0) is 73.4 Å². The lowest BCUT2D eigenvalue weighted by atomic mass is 9.63. The van der Waals surface area contributed by atoms with Crippen molar-refractivity contribution in [2.75, 3.05) is 18.2 Å². The lowest BCUT2D eigenvalue weighted by Gasteiger charge is -2.37. The first-order valence-corrected chi connectivity index (χ1v) is 11.7. The molecule has 0 unspecified atom stereocenters. The van der Waals surface area contributed by atoms with Gasteiger partial charge >= 0.3 is 0 Å². The van der Waals surface area contributed by atoms with Crippen molar-refractivity contribution >= 4 is 23.4 Å². The summed E-state index contributed by atoms with van der Waals surface area (Å²) >= 11 is 0. The van der Waals surface area contributed by atoms with Gasteiger partial charge in [0.25, 0.3) is 5.91 Å². The summed E-state index contributed by atoms with van der Waals surface area (Å²) in [5.74, 6) is 1.06. The van der Waals surface area contributed by atoms with Crippen LogP contribution in [0.1, 0.15) is 23.7 Å². The minimum Gasteiger partial charge on any atom is -0.494 e. The predicted molar refractivity (Wildman–Crippen MR) is 122 cm³/mol. The van der Waals surface area contributed by atoms with Crippen LogP contribution in [-0.2, 0) is 9.59 Å². The first kappa shape index (κ1) is 20.2. The molecule has 0 spiro atoms. The monoisotopic (exact) mass is 442 g/mol. The van der Waals surface area contributed by atoms with E-state index in [-0.39, 0.29) is 48.1 Å². The van der Waals surface area contributed by atoms with Crippen molar-refractivity contribution in [3.63, 3.8) is 0 Å². The SMILES string of the molecule is CCOc1ccc(N(CN2C(=O)[C@H]3[C@@H]4C=C[C@@H]([C@H]5C[C@H]45)[C@@H]3C2=O)C(=O)c2ccccc2)cc1. The molecule has 4 aliphatic carbocycles. The van der Waals surface area contributed by atoms with Gasteiger partial charge in [-0.15, -0.1) is 0 Å². The summed E-state index contributed by atoms with van der Waals surface area (Å²) in [6.45, 7) is 2.38. The number of anilines is 1. The topological polar surface area (TPSA) is 66.9 Å². The number of amides is 3. The van der Waals surface area contributed by atoms with Crippen molar-refractivity contribution in [3.8, 4) is 5.75 Å². The van der Waals surface area contributed by atoms with Crippen molar-refractivity contribution in [1.82, 2.24) is 4.90 Å². The number of allylic oxidation sites excluding steroid dienone is 2. The third kappa shape index (κ3) is 3.11. The summed E-state index contributed by atoms with van der Waals surface area (Å²) in [5, 5.41) is 0. The summed E-state index contributed by atoms with van der Waals surface area (Å²) in [4.78, 5) is 43.3. The molecule has 168 valence electrons. The maximum atomic E-state index is 13.5. The molecule has 1 heterocycles. The van der Waals surface area contributed by atoms with Gasteiger partial charge in [0.15, 0.2) is 0 Å². The standard InChI is InChI=1S/C27H26N2O4/c1-2-33-18-10-8-17(9-11-18)28(25(30)16-6-4-3-5-7-16)15-29-26(31)23-19-12-13-20(22-14-21(19)22)24(23)27(29)32/h3-13,19-24H,2,14-15H2,1H3/t19-,20+,21-,22-,23+,24+/m1/s1. The second-order valence-corrected chi connectivity index (χ2v) is 9.43. The van der Waals surface area contributed by atoms with E-state index in [2.05, 4.69) is 12.2 Å². The number of carbonyl (C=O) groups excluding carboxylic acids is 3. The Bertz CT molecular complexity index is 1110. The Balaban J connectivity index is 1.32. The second kappa shape index (κ2) is 7.58. The fraction of sp³-hybridized carbons (Fsp3) is 0.370. The highest BCUT2D eigenvalue weighted by Crippen LogP contribution is 2.65. The highest BCUT2D eigenvalue weighted by Gasteiger charge is 2.67. The zero-order valence-corrected chi connectivity index (χ0v) is 18.5. The highest BCUT2D eigenvalue weighted by molar-refractivity contribution is 6.09. The number of rotatable bonds is 6. The third-order valence-corrected chi connectivity index (χ3v) is 7.76. The molecule has 33 heavy (non-hydrogen) atoms. The number of ether oxygens (including phenoxy) is 1. The van der Waals surface area contributed by atoms with Gasteiger partial charge in [-0.3, -0.25) is 24.2 Å². The summed E-state index contributed by atoms with van der Waals surface area (Å²) in [7, 11) is 0. The number of hydrogen-bond acceptors (Lipinski definition) is 4. The molecule has 2 aromatic rings. The molecule has 0 aromatic heterocycles. The maximum absolute atomic E-state index is 13.5. The molecule has 6 atom stereocenters. The van der Waals surface area contributed by atoms with Crippen LogP contribution in [0.15, 0.2) is 66.7 Å². The van der Waals surface area contributed by atoms with Gasteiger partial charge in [-0.25, -0.2) is 0 Å². The second-order valence-electron chi connectivity index (χ2n) is 9.43. The number of benzene rings is 2. The van der Waals surface area contributed by atoms with Crippen molar-refractivity contribution in [2.24, 2.45) is 35.5 Å². The van der Waals surface area contributed by atoms with Gasteiger partial charge in [0.1, 0.15) is 12.4 Å². The Labute approximate surface area is 192 Å². The Morgan fingerprint density at radius 1 is 0.939 bits per heavy atom. The van der Waals surface area contributed by atoms with E-state index in [0.717, 1.165) is 6.42 Å². The molecule has 1 aliphatic heterocycles. The molecule has 2 saturated carbocycles. The number of imide groups is 1.